The van der Waals surface area contributed by atoms with Gasteiger partial charge in [-0.25, -0.2) is 0 Å². The topological polar surface area (TPSA) is 107 Å². The molecule has 0 aliphatic heterocycles. The molecule has 0 saturated carbocycles. The third-order valence-electron chi connectivity index (χ3n) is 2.86. The van der Waals surface area contributed by atoms with Gasteiger partial charge in [0, 0.05) is 16.6 Å². The van der Waals surface area contributed by atoms with Crippen LogP contribution in [0.1, 0.15) is 15.2 Å². The summed E-state index contributed by atoms with van der Waals surface area (Å²) in [5.74, 6) is -0.778. The lowest BCUT2D eigenvalue weighted by Gasteiger charge is -2.04. The van der Waals surface area contributed by atoms with Crippen LogP contribution in [0.25, 0.3) is 10.1 Å². The van der Waals surface area contributed by atoms with Gasteiger partial charge >= 0.3 is 0 Å². The maximum atomic E-state index is 12.1. The molecule has 0 bridgehead atoms. The van der Waals surface area contributed by atoms with Crippen molar-refractivity contribution >= 4 is 38.9 Å². The molecule has 0 fully saturated rings. The zero-order chi connectivity index (χ0) is 15.4. The number of amides is 2. The zero-order valence-corrected chi connectivity index (χ0v) is 12.5. The fourth-order valence-corrected chi connectivity index (χ4v) is 2.91. The van der Waals surface area contributed by atoms with Crippen LogP contribution < -0.4 is 16.8 Å². The number of aryl methyl sites for hydroxylation is 1. The monoisotopic (exact) mass is 307 g/mol. The Morgan fingerprint density at radius 3 is 2.86 bits per heavy atom. The first-order valence-electron chi connectivity index (χ1n) is 6.42. The summed E-state index contributed by atoms with van der Waals surface area (Å²) in [4.78, 5) is 23.1. The summed E-state index contributed by atoms with van der Waals surface area (Å²) >= 11 is 1.36. The summed E-state index contributed by atoms with van der Waals surface area (Å²) in [5.41, 5.74) is 12.6. The Hall–Kier alpha value is -2.12. The van der Waals surface area contributed by atoms with Crippen molar-refractivity contribution < 1.29 is 14.3 Å². The summed E-state index contributed by atoms with van der Waals surface area (Å²) in [5, 5.41) is 3.60. The molecule has 2 amide bonds. The number of anilines is 1. The van der Waals surface area contributed by atoms with Crippen molar-refractivity contribution in [1.82, 2.24) is 5.32 Å². The summed E-state index contributed by atoms with van der Waals surface area (Å²) in [6.07, 6.45) is 0. The van der Waals surface area contributed by atoms with Gasteiger partial charge in [-0.15, -0.1) is 11.3 Å². The van der Waals surface area contributed by atoms with Crippen LogP contribution in [0, 0.1) is 6.92 Å². The first kappa shape index (κ1) is 15.3. The quantitative estimate of drug-likeness (QED) is 0.692. The van der Waals surface area contributed by atoms with Crippen LogP contribution in [0.2, 0.25) is 0 Å². The largest absolute Gasteiger partial charge is 0.397 e. The molecule has 1 heterocycles. The van der Waals surface area contributed by atoms with Crippen LogP contribution in [-0.2, 0) is 9.53 Å². The number of nitrogens with two attached hydrogens (primary N) is 2. The number of nitrogen functional groups attached to an aromatic ring is 1. The molecule has 1 aromatic heterocycles. The Morgan fingerprint density at radius 1 is 1.38 bits per heavy atom. The Bertz CT molecular complexity index is 681. The van der Waals surface area contributed by atoms with E-state index in [2.05, 4.69) is 5.32 Å². The Labute approximate surface area is 126 Å². The maximum absolute atomic E-state index is 12.1. The first-order chi connectivity index (χ1) is 9.99. The van der Waals surface area contributed by atoms with E-state index in [0.717, 1.165) is 15.6 Å². The lowest BCUT2D eigenvalue weighted by atomic mass is 10.1. The number of carbonyl (C=O) groups is 2. The van der Waals surface area contributed by atoms with Gasteiger partial charge in [-0.2, -0.15) is 0 Å². The molecule has 6 nitrogen and oxygen atoms in total. The number of thiophene rings is 1. The van der Waals surface area contributed by atoms with Gasteiger partial charge in [-0.1, -0.05) is 11.6 Å². The molecular weight excluding hydrogens is 290 g/mol. The van der Waals surface area contributed by atoms with E-state index in [1.807, 2.05) is 25.1 Å². The number of rotatable bonds is 6. The molecule has 1 aromatic carbocycles. The summed E-state index contributed by atoms with van der Waals surface area (Å²) in [6, 6.07) is 5.91. The lowest BCUT2D eigenvalue weighted by molar-refractivity contribution is -0.122. The normalized spacial score (nSPS) is 10.7. The van der Waals surface area contributed by atoms with Gasteiger partial charge in [0.2, 0.25) is 5.91 Å². The van der Waals surface area contributed by atoms with Crippen molar-refractivity contribution in [2.24, 2.45) is 5.73 Å². The van der Waals surface area contributed by atoms with Gasteiger partial charge in [0.05, 0.1) is 12.3 Å². The third kappa shape index (κ3) is 3.71. The molecule has 2 aromatic rings. The standard InChI is InChI=1S/C14H17N3O3S/c1-8-2-3-10-9(6-8)12(16)13(21-10)14(19)17-4-5-20-7-11(15)18/h2-3,6H,4-5,7,16H2,1H3,(H2,15,18)(H,17,19). The second kappa shape index (κ2) is 6.55. The number of hydrogen-bond acceptors (Lipinski definition) is 5. The minimum Gasteiger partial charge on any atom is -0.397 e. The number of primary amides is 1. The number of fused-ring (bicyclic) bond motifs is 1. The van der Waals surface area contributed by atoms with Crippen LogP contribution in [0.4, 0.5) is 5.69 Å². The van der Waals surface area contributed by atoms with Gasteiger partial charge in [0.1, 0.15) is 11.5 Å². The van der Waals surface area contributed by atoms with Crippen LogP contribution >= 0.6 is 11.3 Å². The molecule has 21 heavy (non-hydrogen) atoms. The second-order valence-electron chi connectivity index (χ2n) is 4.62. The Balaban J connectivity index is 1.99. The smallest absolute Gasteiger partial charge is 0.263 e. The number of nitrogens with one attached hydrogen (secondary N) is 1. The van der Waals surface area contributed by atoms with Crippen LogP contribution in [-0.4, -0.2) is 31.6 Å². The fraction of sp³-hybridized carbons (Fsp3) is 0.286. The highest BCUT2D eigenvalue weighted by Gasteiger charge is 2.15. The van der Waals surface area contributed by atoms with Crippen LogP contribution in [0.5, 0.6) is 0 Å². The molecule has 0 radical (unpaired) electrons. The van der Waals surface area contributed by atoms with Crippen molar-refractivity contribution in [3.8, 4) is 0 Å². The van der Waals surface area contributed by atoms with Crippen molar-refractivity contribution in [3.63, 3.8) is 0 Å². The predicted molar refractivity (Wildman–Crippen MR) is 83.3 cm³/mol. The second-order valence-corrected chi connectivity index (χ2v) is 5.67. The van der Waals surface area contributed by atoms with Crippen molar-refractivity contribution in [2.45, 2.75) is 6.92 Å². The molecule has 0 spiro atoms. The molecule has 5 N–H and O–H groups in total. The average Bonchev–Trinajstić information content (AvgIpc) is 2.75. The maximum Gasteiger partial charge on any atom is 0.263 e. The first-order valence-corrected chi connectivity index (χ1v) is 7.23. The number of carbonyl (C=O) groups excluding carboxylic acids is 2. The number of benzene rings is 1. The third-order valence-corrected chi connectivity index (χ3v) is 4.05. The summed E-state index contributed by atoms with van der Waals surface area (Å²) in [6.45, 7) is 2.34. The van der Waals surface area contributed by atoms with E-state index in [0.29, 0.717) is 17.1 Å². The SMILES string of the molecule is Cc1ccc2sc(C(=O)NCCOCC(N)=O)c(N)c2c1. The molecular formula is C14H17N3O3S. The molecule has 0 unspecified atom stereocenters. The average molecular weight is 307 g/mol. The lowest BCUT2D eigenvalue weighted by Crippen LogP contribution is -2.28. The number of ether oxygens (including phenoxy) is 1. The highest BCUT2D eigenvalue weighted by molar-refractivity contribution is 7.21. The molecule has 7 heteroatoms. The number of hydrogen-bond donors (Lipinski definition) is 3. The van der Waals surface area contributed by atoms with E-state index < -0.39 is 5.91 Å². The molecule has 0 atom stereocenters. The molecule has 0 saturated heterocycles. The van der Waals surface area contributed by atoms with E-state index in [1.165, 1.54) is 11.3 Å². The minimum atomic E-state index is -0.537. The van der Waals surface area contributed by atoms with Crippen LogP contribution in [0.15, 0.2) is 18.2 Å². The summed E-state index contributed by atoms with van der Waals surface area (Å²) < 4.78 is 5.95. The van der Waals surface area contributed by atoms with Crippen molar-refractivity contribution in [1.29, 1.82) is 0 Å². The molecule has 0 aliphatic carbocycles. The van der Waals surface area contributed by atoms with E-state index in [9.17, 15) is 9.59 Å². The van der Waals surface area contributed by atoms with Crippen molar-refractivity contribution in [2.75, 3.05) is 25.5 Å². The van der Waals surface area contributed by atoms with E-state index in [1.54, 1.807) is 0 Å². The van der Waals surface area contributed by atoms with E-state index in [-0.39, 0.29) is 19.1 Å². The zero-order valence-electron chi connectivity index (χ0n) is 11.6. The summed E-state index contributed by atoms with van der Waals surface area (Å²) in [7, 11) is 0. The fourth-order valence-electron chi connectivity index (χ4n) is 1.89. The van der Waals surface area contributed by atoms with Crippen LogP contribution in [0.3, 0.4) is 0 Å². The van der Waals surface area contributed by atoms with Gasteiger partial charge in [-0.05, 0) is 19.1 Å². The Morgan fingerprint density at radius 2 is 2.14 bits per heavy atom. The Kier molecular flexibility index (Phi) is 4.77. The minimum absolute atomic E-state index is 0.153. The van der Waals surface area contributed by atoms with Gasteiger partial charge < -0.3 is 21.5 Å². The van der Waals surface area contributed by atoms with Crippen molar-refractivity contribution in [3.05, 3.63) is 28.6 Å². The highest BCUT2D eigenvalue weighted by Crippen LogP contribution is 2.33. The van der Waals surface area contributed by atoms with Gasteiger partial charge in [0.15, 0.2) is 0 Å². The highest BCUT2D eigenvalue weighted by atomic mass is 32.1. The van der Waals surface area contributed by atoms with Gasteiger partial charge in [0.25, 0.3) is 5.91 Å². The van der Waals surface area contributed by atoms with E-state index in [4.69, 9.17) is 16.2 Å². The molecule has 0 aliphatic rings. The molecule has 2 rings (SSSR count). The molecule has 112 valence electrons. The predicted octanol–water partition coefficient (Wildman–Crippen LogP) is 1.02. The van der Waals surface area contributed by atoms with Gasteiger partial charge in [-0.3, -0.25) is 9.59 Å². The van der Waals surface area contributed by atoms with E-state index >= 15 is 0 Å².